The zero-order valence-electron chi connectivity index (χ0n) is 12.8. The van der Waals surface area contributed by atoms with Crippen LogP contribution >= 0.6 is 0 Å². The molecule has 6 heteroatoms. The van der Waals surface area contributed by atoms with E-state index < -0.39 is 5.97 Å². The molecule has 0 atom stereocenters. The number of benzene rings is 1. The molecular formula is C16H21N3O3. The molecule has 0 radical (unpaired) electrons. The second-order valence-electron chi connectivity index (χ2n) is 5.30. The van der Waals surface area contributed by atoms with Crippen molar-refractivity contribution in [3.8, 4) is 0 Å². The number of anilines is 2. The summed E-state index contributed by atoms with van der Waals surface area (Å²) < 4.78 is 5.48. The molecule has 22 heavy (non-hydrogen) atoms. The molecule has 1 heterocycles. The first-order chi connectivity index (χ1) is 10.5. The third-order valence-electron chi connectivity index (χ3n) is 3.23. The summed E-state index contributed by atoms with van der Waals surface area (Å²) in [5.41, 5.74) is 7.73. The van der Waals surface area contributed by atoms with Gasteiger partial charge in [-0.2, -0.15) is 0 Å². The summed E-state index contributed by atoms with van der Waals surface area (Å²) in [4.78, 5) is 15.6. The van der Waals surface area contributed by atoms with Gasteiger partial charge in [0.25, 0.3) is 0 Å². The summed E-state index contributed by atoms with van der Waals surface area (Å²) in [7, 11) is 0. The minimum absolute atomic E-state index is 0.142. The van der Waals surface area contributed by atoms with Crippen LogP contribution in [0.2, 0.25) is 0 Å². The third kappa shape index (κ3) is 3.65. The highest BCUT2D eigenvalue weighted by Crippen LogP contribution is 2.29. The quantitative estimate of drug-likeness (QED) is 0.537. The van der Waals surface area contributed by atoms with Crippen molar-refractivity contribution in [3.05, 3.63) is 30.0 Å². The number of nitrogens with two attached hydrogens (primary N) is 1. The molecule has 1 aromatic heterocycles. The second-order valence-corrected chi connectivity index (χ2v) is 5.30. The van der Waals surface area contributed by atoms with E-state index in [-0.39, 0.29) is 11.7 Å². The molecule has 0 aliphatic carbocycles. The molecule has 0 saturated heterocycles. The maximum atomic E-state index is 11.4. The number of nitrogens with zero attached hydrogens (tertiary/aromatic N) is 1. The third-order valence-corrected chi connectivity index (χ3v) is 3.23. The van der Waals surface area contributed by atoms with Gasteiger partial charge in [0.1, 0.15) is 5.56 Å². The van der Waals surface area contributed by atoms with Crippen molar-refractivity contribution in [3.63, 3.8) is 0 Å². The fraction of sp³-hybridized carbons (Fsp3) is 0.375. The Morgan fingerprint density at radius 1 is 1.45 bits per heavy atom. The maximum absolute atomic E-state index is 11.4. The number of hydrogen-bond donors (Lipinski definition) is 3. The molecule has 0 aliphatic heterocycles. The first-order valence-electron chi connectivity index (χ1n) is 7.26. The van der Waals surface area contributed by atoms with Crippen LogP contribution in [-0.2, 0) is 4.74 Å². The van der Waals surface area contributed by atoms with Crippen molar-refractivity contribution in [1.82, 2.24) is 4.98 Å². The van der Waals surface area contributed by atoms with Gasteiger partial charge in [-0.15, -0.1) is 0 Å². The standard InChI is InChI=1S/C16H21N3O3/c1-10(2)22-8-4-7-18-14-11-5-3-6-13(17)15(11)19-9-12(14)16(20)21/h3,5-6,9-10H,4,7-8,17H2,1-2H3,(H,18,19)(H,20,21). The van der Waals surface area contributed by atoms with Crippen molar-refractivity contribution in [2.45, 2.75) is 26.4 Å². The van der Waals surface area contributed by atoms with E-state index in [2.05, 4.69) is 10.3 Å². The van der Waals surface area contributed by atoms with Gasteiger partial charge in [-0.3, -0.25) is 4.98 Å². The molecule has 1 aromatic carbocycles. The molecule has 6 nitrogen and oxygen atoms in total. The molecule has 118 valence electrons. The number of carboxylic acids is 1. The lowest BCUT2D eigenvalue weighted by atomic mass is 10.1. The maximum Gasteiger partial charge on any atom is 0.339 e. The van der Waals surface area contributed by atoms with Crippen LogP contribution in [-0.4, -0.2) is 35.3 Å². The number of nitrogens with one attached hydrogen (secondary N) is 1. The smallest absolute Gasteiger partial charge is 0.339 e. The molecule has 0 saturated carbocycles. The number of fused-ring (bicyclic) bond motifs is 1. The predicted molar refractivity (Wildman–Crippen MR) is 87.3 cm³/mol. The van der Waals surface area contributed by atoms with Crippen LogP contribution in [0.5, 0.6) is 0 Å². The average Bonchev–Trinajstić information content (AvgIpc) is 2.46. The molecule has 0 bridgehead atoms. The molecule has 0 fully saturated rings. The molecule has 0 spiro atoms. The Morgan fingerprint density at radius 3 is 2.91 bits per heavy atom. The topological polar surface area (TPSA) is 97.5 Å². The highest BCUT2D eigenvalue weighted by atomic mass is 16.5. The van der Waals surface area contributed by atoms with Gasteiger partial charge < -0.3 is 20.9 Å². The summed E-state index contributed by atoms with van der Waals surface area (Å²) in [6, 6.07) is 5.35. The number of nitrogen functional groups attached to an aromatic ring is 1. The van der Waals surface area contributed by atoms with E-state index in [1.165, 1.54) is 6.20 Å². The van der Waals surface area contributed by atoms with Gasteiger partial charge >= 0.3 is 5.97 Å². The lowest BCUT2D eigenvalue weighted by Gasteiger charge is -2.14. The van der Waals surface area contributed by atoms with Crippen LogP contribution in [0, 0.1) is 0 Å². The zero-order valence-corrected chi connectivity index (χ0v) is 12.8. The van der Waals surface area contributed by atoms with Crippen LogP contribution < -0.4 is 11.1 Å². The fourth-order valence-electron chi connectivity index (χ4n) is 2.20. The number of carbonyl (C=O) groups is 1. The summed E-state index contributed by atoms with van der Waals surface area (Å²) >= 11 is 0. The van der Waals surface area contributed by atoms with E-state index in [4.69, 9.17) is 10.5 Å². The first-order valence-corrected chi connectivity index (χ1v) is 7.26. The Bertz CT molecular complexity index is 671. The van der Waals surface area contributed by atoms with Crippen molar-refractivity contribution in [1.29, 1.82) is 0 Å². The van der Waals surface area contributed by atoms with Gasteiger partial charge in [0.2, 0.25) is 0 Å². The molecule has 4 N–H and O–H groups in total. The SMILES string of the molecule is CC(C)OCCCNc1c(C(=O)O)cnc2c(N)cccc12. The summed E-state index contributed by atoms with van der Waals surface area (Å²) in [5, 5.41) is 13.2. The number of carboxylic acid groups (broad SMARTS) is 1. The van der Waals surface area contributed by atoms with Crippen molar-refractivity contribution < 1.29 is 14.6 Å². The molecule has 0 amide bonds. The van der Waals surface area contributed by atoms with Crippen LogP contribution in [0.4, 0.5) is 11.4 Å². The number of hydrogen-bond acceptors (Lipinski definition) is 5. The average molecular weight is 303 g/mol. The van der Waals surface area contributed by atoms with E-state index in [0.29, 0.717) is 35.4 Å². The van der Waals surface area contributed by atoms with E-state index in [1.807, 2.05) is 19.9 Å². The Morgan fingerprint density at radius 2 is 2.23 bits per heavy atom. The van der Waals surface area contributed by atoms with Crippen LogP contribution in [0.1, 0.15) is 30.6 Å². The number of pyridine rings is 1. The Balaban J connectivity index is 2.23. The molecular weight excluding hydrogens is 282 g/mol. The van der Waals surface area contributed by atoms with Gasteiger partial charge in [0.15, 0.2) is 0 Å². The lowest BCUT2D eigenvalue weighted by Crippen LogP contribution is -2.12. The normalized spacial score (nSPS) is 11.0. The number of rotatable bonds is 7. The van der Waals surface area contributed by atoms with Gasteiger partial charge in [-0.05, 0) is 26.3 Å². The molecule has 0 unspecified atom stereocenters. The van der Waals surface area contributed by atoms with Gasteiger partial charge in [0.05, 0.1) is 23.0 Å². The highest BCUT2D eigenvalue weighted by Gasteiger charge is 2.15. The summed E-state index contributed by atoms with van der Waals surface area (Å²) in [6.07, 6.45) is 2.31. The van der Waals surface area contributed by atoms with E-state index in [1.54, 1.807) is 12.1 Å². The van der Waals surface area contributed by atoms with Crippen molar-refractivity contribution >= 4 is 28.2 Å². The summed E-state index contributed by atoms with van der Waals surface area (Å²) in [5.74, 6) is -1.02. The first kappa shape index (κ1) is 16.0. The largest absolute Gasteiger partial charge is 0.478 e. The zero-order chi connectivity index (χ0) is 16.1. The monoisotopic (exact) mass is 303 g/mol. The van der Waals surface area contributed by atoms with E-state index in [0.717, 1.165) is 6.42 Å². The van der Waals surface area contributed by atoms with E-state index in [9.17, 15) is 9.90 Å². The Hall–Kier alpha value is -2.34. The van der Waals surface area contributed by atoms with Gasteiger partial charge in [-0.1, -0.05) is 12.1 Å². The Labute approximate surface area is 129 Å². The Kier molecular flexibility index (Phi) is 5.16. The van der Waals surface area contributed by atoms with Crippen LogP contribution in [0.25, 0.3) is 10.9 Å². The second kappa shape index (κ2) is 7.09. The number of para-hydroxylation sites is 1. The van der Waals surface area contributed by atoms with Gasteiger partial charge in [-0.25, -0.2) is 4.79 Å². The fourth-order valence-corrected chi connectivity index (χ4v) is 2.20. The number of aromatic nitrogens is 1. The molecule has 2 aromatic rings. The van der Waals surface area contributed by atoms with Crippen LogP contribution in [0.3, 0.4) is 0 Å². The predicted octanol–water partition coefficient (Wildman–Crippen LogP) is 2.74. The molecule has 0 aliphatic rings. The number of ether oxygens (including phenoxy) is 1. The van der Waals surface area contributed by atoms with Gasteiger partial charge in [0, 0.05) is 24.7 Å². The lowest BCUT2D eigenvalue weighted by molar-refractivity contribution is 0.0697. The number of aromatic carboxylic acids is 1. The van der Waals surface area contributed by atoms with Crippen molar-refractivity contribution in [2.75, 3.05) is 24.2 Å². The highest BCUT2D eigenvalue weighted by molar-refractivity contribution is 6.06. The minimum Gasteiger partial charge on any atom is -0.478 e. The minimum atomic E-state index is -1.02. The summed E-state index contributed by atoms with van der Waals surface area (Å²) in [6.45, 7) is 5.20. The van der Waals surface area contributed by atoms with Crippen molar-refractivity contribution in [2.24, 2.45) is 0 Å². The van der Waals surface area contributed by atoms with E-state index >= 15 is 0 Å². The molecule has 2 rings (SSSR count). The van der Waals surface area contributed by atoms with Crippen LogP contribution in [0.15, 0.2) is 24.4 Å².